The van der Waals surface area contributed by atoms with Crippen LogP contribution in [-0.2, 0) is 6.54 Å². The van der Waals surface area contributed by atoms with E-state index in [2.05, 4.69) is 10.3 Å². The molecular formula is C16H24N2O. The number of methoxy groups -OCH3 is 1. The zero-order chi connectivity index (χ0) is 13.2. The van der Waals surface area contributed by atoms with Crippen molar-refractivity contribution in [3.05, 3.63) is 23.5 Å². The van der Waals surface area contributed by atoms with Crippen LogP contribution in [0.5, 0.6) is 5.75 Å². The maximum atomic E-state index is 5.29. The highest BCUT2D eigenvalue weighted by Crippen LogP contribution is 2.48. The van der Waals surface area contributed by atoms with E-state index < -0.39 is 0 Å². The molecule has 0 aromatic carbocycles. The molecule has 2 saturated carbocycles. The van der Waals surface area contributed by atoms with Crippen LogP contribution in [0.4, 0.5) is 0 Å². The summed E-state index contributed by atoms with van der Waals surface area (Å²) in [6.07, 6.45) is 5.83. The third kappa shape index (κ3) is 3.47. The van der Waals surface area contributed by atoms with Crippen molar-refractivity contribution in [1.29, 1.82) is 0 Å². The monoisotopic (exact) mass is 260 g/mol. The van der Waals surface area contributed by atoms with Gasteiger partial charge in [-0.25, -0.2) is 0 Å². The fraction of sp³-hybridized carbons (Fsp3) is 0.688. The van der Waals surface area contributed by atoms with Gasteiger partial charge in [0.15, 0.2) is 0 Å². The predicted molar refractivity (Wildman–Crippen MR) is 76.2 cm³/mol. The van der Waals surface area contributed by atoms with Crippen LogP contribution in [0.15, 0.2) is 12.1 Å². The Hall–Kier alpha value is -1.09. The van der Waals surface area contributed by atoms with Gasteiger partial charge in [0.05, 0.1) is 12.8 Å². The van der Waals surface area contributed by atoms with Gasteiger partial charge in [-0.3, -0.25) is 4.98 Å². The molecule has 1 aromatic heterocycles. The van der Waals surface area contributed by atoms with Crippen LogP contribution in [0.3, 0.4) is 0 Å². The van der Waals surface area contributed by atoms with E-state index >= 15 is 0 Å². The van der Waals surface area contributed by atoms with Crippen molar-refractivity contribution in [1.82, 2.24) is 10.3 Å². The number of hydrogen-bond acceptors (Lipinski definition) is 3. The fourth-order valence-electron chi connectivity index (χ4n) is 3.05. The first-order valence-corrected chi connectivity index (χ1v) is 7.48. The number of pyridine rings is 1. The second kappa shape index (κ2) is 5.49. The maximum absolute atomic E-state index is 5.29. The van der Waals surface area contributed by atoms with Gasteiger partial charge in [-0.15, -0.1) is 0 Å². The molecule has 2 aliphatic carbocycles. The lowest BCUT2D eigenvalue weighted by Crippen LogP contribution is -2.25. The summed E-state index contributed by atoms with van der Waals surface area (Å²) >= 11 is 0. The van der Waals surface area contributed by atoms with Gasteiger partial charge in [-0.1, -0.05) is 0 Å². The lowest BCUT2D eigenvalue weighted by molar-refractivity contribution is 0.377. The van der Waals surface area contributed by atoms with Crippen molar-refractivity contribution in [2.24, 2.45) is 17.8 Å². The van der Waals surface area contributed by atoms with Crippen LogP contribution >= 0.6 is 0 Å². The molecule has 0 atom stereocenters. The summed E-state index contributed by atoms with van der Waals surface area (Å²) in [5, 5.41) is 3.60. The van der Waals surface area contributed by atoms with Crippen LogP contribution in [0.2, 0.25) is 0 Å². The minimum atomic E-state index is 0.855. The first-order chi connectivity index (χ1) is 9.26. The number of hydrogen-bond donors (Lipinski definition) is 1. The summed E-state index contributed by atoms with van der Waals surface area (Å²) in [4.78, 5) is 4.56. The molecule has 104 valence electrons. The Bertz CT molecular complexity index is 426. The van der Waals surface area contributed by atoms with E-state index in [0.717, 1.165) is 48.0 Å². The highest BCUT2D eigenvalue weighted by Gasteiger charge is 2.40. The van der Waals surface area contributed by atoms with Crippen molar-refractivity contribution in [3.63, 3.8) is 0 Å². The standard InChI is InChI=1S/C16H24N2O/c1-11-7-15(19-2)8-14(18-11)9-17-10-16(12-3-4-12)13-5-6-13/h7-8,12-13,16-17H,3-6,9-10H2,1-2H3. The van der Waals surface area contributed by atoms with Gasteiger partial charge in [-0.05, 0) is 56.9 Å². The molecule has 0 spiro atoms. The fourth-order valence-corrected chi connectivity index (χ4v) is 3.05. The molecule has 19 heavy (non-hydrogen) atoms. The minimum Gasteiger partial charge on any atom is -0.497 e. The molecule has 0 unspecified atom stereocenters. The summed E-state index contributed by atoms with van der Waals surface area (Å²) in [5.74, 6) is 3.86. The van der Waals surface area contributed by atoms with Crippen LogP contribution < -0.4 is 10.1 Å². The van der Waals surface area contributed by atoms with E-state index in [1.807, 2.05) is 19.1 Å². The number of nitrogens with one attached hydrogen (secondary N) is 1. The summed E-state index contributed by atoms with van der Waals surface area (Å²) < 4.78 is 5.29. The molecule has 3 heteroatoms. The first-order valence-electron chi connectivity index (χ1n) is 7.48. The topological polar surface area (TPSA) is 34.1 Å². The Kier molecular flexibility index (Phi) is 3.74. The smallest absolute Gasteiger partial charge is 0.122 e. The van der Waals surface area contributed by atoms with E-state index in [1.165, 1.54) is 25.7 Å². The molecule has 0 saturated heterocycles. The average molecular weight is 260 g/mol. The van der Waals surface area contributed by atoms with Gasteiger partial charge in [0.2, 0.25) is 0 Å². The summed E-state index contributed by atoms with van der Waals surface area (Å²) in [6, 6.07) is 4.00. The molecule has 2 fully saturated rings. The lowest BCUT2D eigenvalue weighted by Gasteiger charge is -2.16. The van der Waals surface area contributed by atoms with Gasteiger partial charge >= 0.3 is 0 Å². The first kappa shape index (κ1) is 12.9. The van der Waals surface area contributed by atoms with Crippen molar-refractivity contribution in [2.75, 3.05) is 13.7 Å². The summed E-state index contributed by atoms with van der Waals surface area (Å²) in [6.45, 7) is 4.03. The van der Waals surface area contributed by atoms with Crippen molar-refractivity contribution < 1.29 is 4.74 Å². The SMILES string of the molecule is COc1cc(C)nc(CNCC(C2CC2)C2CC2)c1. The molecular weight excluding hydrogens is 236 g/mol. The van der Waals surface area contributed by atoms with E-state index in [0.29, 0.717) is 0 Å². The van der Waals surface area contributed by atoms with E-state index in [4.69, 9.17) is 4.74 Å². The number of ether oxygens (including phenoxy) is 1. The summed E-state index contributed by atoms with van der Waals surface area (Å²) in [5.41, 5.74) is 2.11. The minimum absolute atomic E-state index is 0.855. The van der Waals surface area contributed by atoms with Gasteiger partial charge in [0.25, 0.3) is 0 Å². The third-order valence-electron chi connectivity index (χ3n) is 4.36. The highest BCUT2D eigenvalue weighted by atomic mass is 16.5. The molecule has 1 heterocycles. The lowest BCUT2D eigenvalue weighted by atomic mass is 9.98. The van der Waals surface area contributed by atoms with Gasteiger partial charge in [0.1, 0.15) is 5.75 Å². The number of nitrogens with zero attached hydrogens (tertiary/aromatic N) is 1. The van der Waals surface area contributed by atoms with E-state index in [9.17, 15) is 0 Å². The molecule has 1 aromatic rings. The second-order valence-corrected chi connectivity index (χ2v) is 6.11. The number of aromatic nitrogens is 1. The molecule has 2 aliphatic rings. The Morgan fingerprint density at radius 2 is 1.95 bits per heavy atom. The molecule has 0 amide bonds. The van der Waals surface area contributed by atoms with Gasteiger partial charge in [-0.2, -0.15) is 0 Å². The molecule has 0 radical (unpaired) electrons. The molecule has 1 N–H and O–H groups in total. The molecule has 0 aliphatic heterocycles. The van der Waals surface area contributed by atoms with Crippen LogP contribution in [0, 0.1) is 24.7 Å². The van der Waals surface area contributed by atoms with Crippen LogP contribution in [0.25, 0.3) is 0 Å². The predicted octanol–water partition coefficient (Wildman–Crippen LogP) is 2.92. The number of rotatable bonds is 7. The highest BCUT2D eigenvalue weighted by molar-refractivity contribution is 5.26. The zero-order valence-corrected chi connectivity index (χ0v) is 12.0. The van der Waals surface area contributed by atoms with Crippen molar-refractivity contribution >= 4 is 0 Å². The maximum Gasteiger partial charge on any atom is 0.122 e. The largest absolute Gasteiger partial charge is 0.497 e. The van der Waals surface area contributed by atoms with Crippen LogP contribution in [-0.4, -0.2) is 18.6 Å². The number of aryl methyl sites for hydroxylation is 1. The van der Waals surface area contributed by atoms with Crippen molar-refractivity contribution in [2.45, 2.75) is 39.2 Å². The van der Waals surface area contributed by atoms with Gasteiger partial charge < -0.3 is 10.1 Å². The molecule has 3 nitrogen and oxygen atoms in total. The second-order valence-electron chi connectivity index (χ2n) is 6.11. The Morgan fingerprint density at radius 1 is 1.26 bits per heavy atom. The van der Waals surface area contributed by atoms with E-state index in [-0.39, 0.29) is 0 Å². The Morgan fingerprint density at radius 3 is 2.53 bits per heavy atom. The molecule has 3 rings (SSSR count). The average Bonchev–Trinajstić information content (AvgIpc) is 3.27. The van der Waals surface area contributed by atoms with Gasteiger partial charge in [0, 0.05) is 24.4 Å². The van der Waals surface area contributed by atoms with Crippen LogP contribution in [0.1, 0.15) is 37.1 Å². The molecule has 0 bridgehead atoms. The Labute approximate surface area is 115 Å². The normalized spacial score (nSPS) is 18.9. The third-order valence-corrected chi connectivity index (χ3v) is 4.36. The van der Waals surface area contributed by atoms with E-state index in [1.54, 1.807) is 7.11 Å². The Balaban J connectivity index is 1.52. The quantitative estimate of drug-likeness (QED) is 0.818. The zero-order valence-electron chi connectivity index (χ0n) is 12.0. The summed E-state index contributed by atoms with van der Waals surface area (Å²) in [7, 11) is 1.71. The van der Waals surface area contributed by atoms with Crippen molar-refractivity contribution in [3.8, 4) is 5.75 Å².